The van der Waals surface area contributed by atoms with Crippen molar-refractivity contribution in [2.75, 3.05) is 0 Å². The Balaban J connectivity index is 0.000000292. The molecular weight excluding hydrogens is 343 g/mol. The van der Waals surface area contributed by atoms with Crippen LogP contribution in [0.3, 0.4) is 0 Å². The van der Waals surface area contributed by atoms with Crippen LogP contribution in [0.15, 0.2) is 78.9 Å². The molecule has 3 rings (SSSR count). The van der Waals surface area contributed by atoms with Crippen molar-refractivity contribution in [3.8, 4) is 0 Å². The van der Waals surface area contributed by atoms with Gasteiger partial charge in [-0.15, -0.1) is 0 Å². The Bertz CT molecular complexity index is 779. The van der Waals surface area contributed by atoms with E-state index in [1.54, 1.807) is 30.3 Å². The molecule has 0 aromatic heterocycles. The summed E-state index contributed by atoms with van der Waals surface area (Å²) in [7, 11) is 0. The number of carbonyl (C=O) groups is 1. The molecule has 4 heteroatoms. The first-order chi connectivity index (χ1) is 11.6. The third-order valence-corrected chi connectivity index (χ3v) is 3.98. The maximum absolute atomic E-state index is 13.6. The third kappa shape index (κ3) is 4.70. The van der Waals surface area contributed by atoms with Crippen LogP contribution in [0.4, 0.5) is 4.39 Å². The molecule has 0 bridgehead atoms. The van der Waals surface area contributed by atoms with Crippen LogP contribution in [-0.2, 0) is 5.75 Å². The topological polar surface area (TPSA) is 17.1 Å². The van der Waals surface area contributed by atoms with Gasteiger partial charge in [0.15, 0.2) is 5.78 Å². The normalized spacial score (nSPS) is 9.79. The molecule has 0 N–H and O–H groups in total. The third-order valence-electron chi connectivity index (χ3n) is 3.31. The standard InChI is InChI=1S/C14H10ClFOS.C6H6/c15-12-6-3-5-9(11(12)8-18)14(17)10-4-1-2-7-13(10)16;1-2-4-6-5-3-1/h1-7,18H,8H2;1-6H. The van der Waals surface area contributed by atoms with Crippen molar-refractivity contribution in [1.29, 1.82) is 0 Å². The highest BCUT2D eigenvalue weighted by molar-refractivity contribution is 7.79. The zero-order valence-electron chi connectivity index (χ0n) is 12.8. The predicted molar refractivity (Wildman–Crippen MR) is 100 cm³/mol. The number of halogens is 2. The molecule has 0 saturated heterocycles. The fraction of sp³-hybridized carbons (Fsp3) is 0.0500. The fourth-order valence-corrected chi connectivity index (χ4v) is 2.78. The van der Waals surface area contributed by atoms with Crippen LogP contribution in [0.25, 0.3) is 0 Å². The summed E-state index contributed by atoms with van der Waals surface area (Å²) < 4.78 is 13.6. The van der Waals surface area contributed by atoms with E-state index >= 15 is 0 Å². The van der Waals surface area contributed by atoms with Gasteiger partial charge in [-0.05, 0) is 23.8 Å². The first-order valence-corrected chi connectivity index (χ1v) is 8.33. The Morgan fingerprint density at radius 1 is 0.833 bits per heavy atom. The number of ketones is 1. The highest BCUT2D eigenvalue weighted by atomic mass is 35.5. The number of thiol groups is 1. The van der Waals surface area contributed by atoms with Crippen molar-refractivity contribution >= 4 is 30.0 Å². The van der Waals surface area contributed by atoms with E-state index in [2.05, 4.69) is 12.6 Å². The minimum absolute atomic E-state index is 0.0443. The molecule has 3 aromatic carbocycles. The lowest BCUT2D eigenvalue weighted by Gasteiger charge is -2.09. The lowest BCUT2D eigenvalue weighted by molar-refractivity contribution is 0.103. The Morgan fingerprint density at radius 2 is 1.38 bits per heavy atom. The molecule has 3 aromatic rings. The summed E-state index contributed by atoms with van der Waals surface area (Å²) in [6.07, 6.45) is 0. The lowest BCUT2D eigenvalue weighted by atomic mass is 9.99. The molecule has 0 heterocycles. The summed E-state index contributed by atoms with van der Waals surface area (Å²) in [4.78, 5) is 12.3. The van der Waals surface area contributed by atoms with Gasteiger partial charge in [-0.2, -0.15) is 12.6 Å². The Morgan fingerprint density at radius 3 is 1.92 bits per heavy atom. The second-order valence-corrected chi connectivity index (χ2v) is 5.61. The molecule has 0 unspecified atom stereocenters. The molecule has 0 atom stereocenters. The van der Waals surface area contributed by atoms with Gasteiger partial charge in [0.05, 0.1) is 5.56 Å². The Kier molecular flexibility index (Phi) is 7.04. The number of rotatable bonds is 3. The minimum atomic E-state index is -0.535. The molecular formula is C20H16ClFOS. The van der Waals surface area contributed by atoms with Gasteiger partial charge in [0.25, 0.3) is 0 Å². The lowest BCUT2D eigenvalue weighted by Crippen LogP contribution is -2.07. The van der Waals surface area contributed by atoms with Crippen LogP contribution in [0.5, 0.6) is 0 Å². The number of hydrogen-bond donors (Lipinski definition) is 1. The molecule has 0 amide bonds. The molecule has 0 spiro atoms. The maximum atomic E-state index is 13.6. The monoisotopic (exact) mass is 358 g/mol. The van der Waals surface area contributed by atoms with Crippen molar-refractivity contribution in [1.82, 2.24) is 0 Å². The van der Waals surface area contributed by atoms with Gasteiger partial charge in [0.2, 0.25) is 0 Å². The van der Waals surface area contributed by atoms with Crippen molar-refractivity contribution < 1.29 is 9.18 Å². The maximum Gasteiger partial charge on any atom is 0.196 e. The fourth-order valence-electron chi connectivity index (χ4n) is 2.11. The second kappa shape index (κ2) is 9.26. The van der Waals surface area contributed by atoms with Gasteiger partial charge in [0.1, 0.15) is 5.82 Å². The van der Waals surface area contributed by atoms with Crippen molar-refractivity contribution in [2.24, 2.45) is 0 Å². The molecule has 0 aliphatic rings. The van der Waals surface area contributed by atoms with E-state index in [-0.39, 0.29) is 11.3 Å². The summed E-state index contributed by atoms with van der Waals surface area (Å²) >= 11 is 10.2. The van der Waals surface area contributed by atoms with Crippen LogP contribution in [0, 0.1) is 5.82 Å². The van der Waals surface area contributed by atoms with E-state index in [0.29, 0.717) is 21.9 Å². The zero-order valence-corrected chi connectivity index (χ0v) is 14.5. The minimum Gasteiger partial charge on any atom is -0.288 e. The predicted octanol–water partition coefficient (Wildman–Crippen LogP) is 5.83. The molecule has 24 heavy (non-hydrogen) atoms. The van der Waals surface area contributed by atoms with Crippen molar-refractivity contribution in [3.63, 3.8) is 0 Å². The average molecular weight is 359 g/mol. The Labute approximate surface area is 151 Å². The Hall–Kier alpha value is -2.10. The van der Waals surface area contributed by atoms with Crippen LogP contribution in [-0.4, -0.2) is 5.78 Å². The van der Waals surface area contributed by atoms with Crippen LogP contribution in [0.2, 0.25) is 5.02 Å². The van der Waals surface area contributed by atoms with Crippen molar-refractivity contribution in [3.05, 3.63) is 106 Å². The summed E-state index contributed by atoms with van der Waals surface area (Å²) in [5.41, 5.74) is 1.06. The van der Waals surface area contributed by atoms with E-state index in [4.69, 9.17) is 11.6 Å². The van der Waals surface area contributed by atoms with E-state index in [1.165, 1.54) is 12.1 Å². The van der Waals surface area contributed by atoms with Gasteiger partial charge in [-0.25, -0.2) is 4.39 Å². The molecule has 122 valence electrons. The van der Waals surface area contributed by atoms with E-state index < -0.39 is 5.82 Å². The van der Waals surface area contributed by atoms with E-state index in [9.17, 15) is 9.18 Å². The van der Waals surface area contributed by atoms with E-state index in [1.807, 2.05) is 36.4 Å². The van der Waals surface area contributed by atoms with Crippen LogP contribution in [0.1, 0.15) is 21.5 Å². The molecule has 0 aliphatic carbocycles. The van der Waals surface area contributed by atoms with Gasteiger partial charge in [0, 0.05) is 16.3 Å². The van der Waals surface area contributed by atoms with Gasteiger partial charge in [-0.3, -0.25) is 4.79 Å². The molecule has 0 aliphatic heterocycles. The number of benzene rings is 3. The molecule has 0 saturated carbocycles. The van der Waals surface area contributed by atoms with Gasteiger partial charge in [-0.1, -0.05) is 72.3 Å². The summed E-state index contributed by atoms with van der Waals surface area (Å²) in [6, 6.07) is 22.9. The quantitative estimate of drug-likeness (QED) is 0.460. The molecule has 0 fully saturated rings. The zero-order chi connectivity index (χ0) is 17.4. The highest BCUT2D eigenvalue weighted by Gasteiger charge is 2.17. The van der Waals surface area contributed by atoms with Gasteiger partial charge >= 0.3 is 0 Å². The average Bonchev–Trinajstić information content (AvgIpc) is 2.63. The molecule has 1 nitrogen and oxygen atoms in total. The SMILES string of the molecule is O=C(c1ccccc1F)c1cccc(Cl)c1CS.c1ccccc1. The van der Waals surface area contributed by atoms with Crippen molar-refractivity contribution in [2.45, 2.75) is 5.75 Å². The summed E-state index contributed by atoms with van der Waals surface area (Å²) in [6.45, 7) is 0. The van der Waals surface area contributed by atoms with E-state index in [0.717, 1.165) is 0 Å². The van der Waals surface area contributed by atoms with Crippen LogP contribution < -0.4 is 0 Å². The highest BCUT2D eigenvalue weighted by Crippen LogP contribution is 2.24. The second-order valence-electron chi connectivity index (χ2n) is 4.89. The van der Waals surface area contributed by atoms with Gasteiger partial charge < -0.3 is 0 Å². The smallest absolute Gasteiger partial charge is 0.196 e. The molecule has 0 radical (unpaired) electrons. The first-order valence-electron chi connectivity index (χ1n) is 7.32. The summed E-state index contributed by atoms with van der Waals surface area (Å²) in [5, 5.41) is 0.465. The largest absolute Gasteiger partial charge is 0.288 e. The number of carbonyl (C=O) groups excluding carboxylic acids is 1. The number of hydrogen-bond acceptors (Lipinski definition) is 2. The first kappa shape index (κ1) is 18.2. The van der Waals surface area contributed by atoms with Crippen LogP contribution >= 0.6 is 24.2 Å². The summed E-state index contributed by atoms with van der Waals surface area (Å²) in [5.74, 6) is -0.581.